The van der Waals surface area contributed by atoms with Crippen LogP contribution in [0.15, 0.2) is 12.3 Å². The zero-order chi connectivity index (χ0) is 16.8. The minimum absolute atomic E-state index is 0.119. The number of methoxy groups -OCH3 is 1. The van der Waals surface area contributed by atoms with Gasteiger partial charge < -0.3 is 20.5 Å². The topological polar surface area (TPSA) is 86.5 Å². The minimum atomic E-state index is -0.512. The van der Waals surface area contributed by atoms with E-state index in [4.69, 9.17) is 15.2 Å². The molecule has 6 heteroatoms. The molecular weight excluding hydrogens is 282 g/mol. The summed E-state index contributed by atoms with van der Waals surface area (Å²) in [7, 11) is 1.53. The zero-order valence-electron chi connectivity index (χ0n) is 13.7. The van der Waals surface area contributed by atoms with E-state index < -0.39 is 11.7 Å². The number of amides is 1. The smallest absolute Gasteiger partial charge is 0.407 e. The number of aromatic nitrogens is 1. The number of carbonyl (C=O) groups excluding carboxylic acids is 1. The van der Waals surface area contributed by atoms with Gasteiger partial charge in [-0.1, -0.05) is 11.8 Å². The molecule has 0 bridgehead atoms. The molecular formula is C16H23N3O3. The Morgan fingerprint density at radius 1 is 1.50 bits per heavy atom. The first-order valence-corrected chi connectivity index (χ1v) is 6.99. The molecule has 120 valence electrons. The van der Waals surface area contributed by atoms with Gasteiger partial charge in [-0.3, -0.25) is 0 Å². The van der Waals surface area contributed by atoms with Crippen LogP contribution in [-0.2, 0) is 4.74 Å². The quantitative estimate of drug-likeness (QED) is 0.837. The van der Waals surface area contributed by atoms with Gasteiger partial charge in [-0.15, -0.1) is 0 Å². The first-order valence-electron chi connectivity index (χ1n) is 6.99. The van der Waals surface area contributed by atoms with Crippen molar-refractivity contribution in [1.29, 1.82) is 0 Å². The average molecular weight is 305 g/mol. The van der Waals surface area contributed by atoms with Crippen LogP contribution in [0.1, 0.15) is 39.7 Å². The first-order chi connectivity index (χ1) is 10.2. The fourth-order valence-electron chi connectivity index (χ4n) is 1.55. The molecule has 0 unspecified atom stereocenters. The largest absolute Gasteiger partial charge is 0.493 e. The van der Waals surface area contributed by atoms with Crippen molar-refractivity contribution in [3.8, 4) is 17.6 Å². The fourth-order valence-corrected chi connectivity index (χ4v) is 1.55. The van der Waals surface area contributed by atoms with Crippen LogP contribution in [0.25, 0.3) is 0 Å². The summed E-state index contributed by atoms with van der Waals surface area (Å²) in [6.45, 7) is 7.32. The maximum absolute atomic E-state index is 11.6. The molecule has 0 spiro atoms. The van der Waals surface area contributed by atoms with E-state index in [1.54, 1.807) is 12.3 Å². The molecule has 3 N–H and O–H groups in total. The second kappa shape index (κ2) is 7.55. The number of ether oxygens (including phenoxy) is 2. The Labute approximate surface area is 131 Å². The molecule has 0 saturated carbocycles. The Balaban J connectivity index is 2.54. The van der Waals surface area contributed by atoms with E-state index in [-0.39, 0.29) is 6.04 Å². The van der Waals surface area contributed by atoms with Gasteiger partial charge >= 0.3 is 6.09 Å². The maximum Gasteiger partial charge on any atom is 0.407 e. The minimum Gasteiger partial charge on any atom is -0.493 e. The molecule has 0 saturated heterocycles. The number of carbonyl (C=O) groups is 1. The van der Waals surface area contributed by atoms with Gasteiger partial charge in [0.15, 0.2) is 11.6 Å². The highest BCUT2D eigenvalue weighted by molar-refractivity contribution is 5.68. The third kappa shape index (κ3) is 6.35. The lowest BCUT2D eigenvalue weighted by atomic mass is 10.2. The third-order valence-electron chi connectivity index (χ3n) is 2.51. The van der Waals surface area contributed by atoms with Crippen molar-refractivity contribution in [2.75, 3.05) is 12.8 Å². The monoisotopic (exact) mass is 305 g/mol. The van der Waals surface area contributed by atoms with Crippen LogP contribution in [0.2, 0.25) is 0 Å². The van der Waals surface area contributed by atoms with Gasteiger partial charge in [0, 0.05) is 30.3 Å². The lowest BCUT2D eigenvalue weighted by Crippen LogP contribution is -2.37. The number of nitrogens with zero attached hydrogens (tertiary/aromatic N) is 1. The van der Waals surface area contributed by atoms with Gasteiger partial charge in [0.1, 0.15) is 5.60 Å². The van der Waals surface area contributed by atoms with E-state index in [2.05, 4.69) is 22.1 Å². The SMILES string of the molecule is COc1cc(C#CC[C@H](C)NC(=O)OC(C)(C)C)cnc1N. The van der Waals surface area contributed by atoms with Crippen LogP contribution in [0.3, 0.4) is 0 Å². The number of alkyl carbamates (subject to hydrolysis) is 1. The highest BCUT2D eigenvalue weighted by Crippen LogP contribution is 2.18. The van der Waals surface area contributed by atoms with Gasteiger partial charge in [-0.05, 0) is 27.7 Å². The summed E-state index contributed by atoms with van der Waals surface area (Å²) in [5.41, 5.74) is 5.83. The molecule has 0 aromatic carbocycles. The Bertz CT molecular complexity index is 583. The maximum atomic E-state index is 11.6. The summed E-state index contributed by atoms with van der Waals surface area (Å²) in [5.74, 6) is 6.76. The van der Waals surface area contributed by atoms with Crippen molar-refractivity contribution in [2.24, 2.45) is 0 Å². The van der Waals surface area contributed by atoms with Crippen molar-refractivity contribution < 1.29 is 14.3 Å². The molecule has 1 rings (SSSR count). The standard InChI is InChI=1S/C16H23N3O3/c1-11(19-15(20)22-16(2,3)4)7-6-8-12-9-13(21-5)14(17)18-10-12/h9-11H,7H2,1-5H3,(H2,17,18)(H,19,20)/t11-/m0/s1. The number of anilines is 1. The summed E-state index contributed by atoms with van der Waals surface area (Å²) in [5, 5.41) is 2.73. The molecule has 0 radical (unpaired) electrons. The number of nitrogens with two attached hydrogens (primary N) is 1. The normalized spacial score (nSPS) is 11.9. The van der Waals surface area contributed by atoms with E-state index in [9.17, 15) is 4.79 Å². The van der Waals surface area contributed by atoms with Crippen molar-refractivity contribution in [3.05, 3.63) is 17.8 Å². The lowest BCUT2D eigenvalue weighted by molar-refractivity contribution is 0.0509. The number of nitrogen functional groups attached to an aromatic ring is 1. The van der Waals surface area contributed by atoms with Crippen LogP contribution in [0.5, 0.6) is 5.75 Å². The molecule has 0 aliphatic rings. The second-order valence-electron chi connectivity index (χ2n) is 5.86. The molecule has 6 nitrogen and oxygen atoms in total. The average Bonchev–Trinajstić information content (AvgIpc) is 2.38. The highest BCUT2D eigenvalue weighted by Gasteiger charge is 2.17. The van der Waals surface area contributed by atoms with Gasteiger partial charge in [-0.25, -0.2) is 9.78 Å². The van der Waals surface area contributed by atoms with Crippen LogP contribution in [0, 0.1) is 11.8 Å². The third-order valence-corrected chi connectivity index (χ3v) is 2.51. The number of hydrogen-bond acceptors (Lipinski definition) is 5. The molecule has 1 heterocycles. The zero-order valence-corrected chi connectivity index (χ0v) is 13.7. The van der Waals surface area contributed by atoms with E-state index in [0.717, 1.165) is 0 Å². The first kappa shape index (κ1) is 17.6. The Morgan fingerprint density at radius 2 is 2.18 bits per heavy atom. The Morgan fingerprint density at radius 3 is 2.77 bits per heavy atom. The highest BCUT2D eigenvalue weighted by atomic mass is 16.6. The Kier molecular flexibility index (Phi) is 6.05. The van der Waals surface area contributed by atoms with Crippen molar-refractivity contribution in [1.82, 2.24) is 10.3 Å². The predicted molar refractivity (Wildman–Crippen MR) is 85.5 cm³/mol. The molecule has 1 aromatic rings. The fraction of sp³-hybridized carbons (Fsp3) is 0.500. The van der Waals surface area contributed by atoms with Gasteiger partial charge in [0.25, 0.3) is 0 Å². The van der Waals surface area contributed by atoms with Gasteiger partial charge in [0.2, 0.25) is 0 Å². The van der Waals surface area contributed by atoms with Gasteiger partial charge in [-0.2, -0.15) is 0 Å². The number of pyridine rings is 1. The molecule has 0 aliphatic carbocycles. The van der Waals surface area contributed by atoms with Crippen LogP contribution in [0.4, 0.5) is 10.6 Å². The number of rotatable bonds is 3. The van der Waals surface area contributed by atoms with E-state index in [1.807, 2.05) is 27.7 Å². The molecule has 1 amide bonds. The summed E-state index contributed by atoms with van der Waals surface area (Å²) in [6.07, 6.45) is 1.63. The van der Waals surface area contributed by atoms with Crippen molar-refractivity contribution in [2.45, 2.75) is 45.8 Å². The van der Waals surface area contributed by atoms with Crippen LogP contribution < -0.4 is 15.8 Å². The van der Waals surface area contributed by atoms with Crippen molar-refractivity contribution in [3.63, 3.8) is 0 Å². The number of nitrogens with one attached hydrogen (secondary N) is 1. The Hall–Kier alpha value is -2.42. The summed E-state index contributed by atoms with van der Waals surface area (Å²) in [4.78, 5) is 15.6. The molecule has 1 aromatic heterocycles. The predicted octanol–water partition coefficient (Wildman–Crippen LogP) is 2.33. The van der Waals surface area contributed by atoms with Gasteiger partial charge in [0.05, 0.1) is 7.11 Å². The van der Waals surface area contributed by atoms with E-state index >= 15 is 0 Å². The summed E-state index contributed by atoms with van der Waals surface area (Å²) >= 11 is 0. The summed E-state index contributed by atoms with van der Waals surface area (Å²) < 4.78 is 10.3. The second-order valence-corrected chi connectivity index (χ2v) is 5.86. The summed E-state index contributed by atoms with van der Waals surface area (Å²) in [6, 6.07) is 1.60. The van der Waals surface area contributed by atoms with E-state index in [1.165, 1.54) is 7.11 Å². The molecule has 0 fully saturated rings. The molecule has 1 atom stereocenters. The molecule has 22 heavy (non-hydrogen) atoms. The molecule has 0 aliphatic heterocycles. The van der Waals surface area contributed by atoms with Crippen molar-refractivity contribution >= 4 is 11.9 Å². The van der Waals surface area contributed by atoms with Crippen LogP contribution in [-0.4, -0.2) is 29.8 Å². The number of hydrogen-bond donors (Lipinski definition) is 2. The van der Waals surface area contributed by atoms with E-state index in [0.29, 0.717) is 23.6 Å². The van der Waals surface area contributed by atoms with Crippen LogP contribution >= 0.6 is 0 Å². The lowest BCUT2D eigenvalue weighted by Gasteiger charge is -2.21.